The maximum absolute atomic E-state index is 11.2. The number of rotatable bonds is 4. The van der Waals surface area contributed by atoms with Crippen molar-refractivity contribution in [3.63, 3.8) is 0 Å². The van der Waals surface area contributed by atoms with Crippen molar-refractivity contribution in [1.29, 1.82) is 0 Å². The van der Waals surface area contributed by atoms with Crippen molar-refractivity contribution in [3.05, 3.63) is 18.1 Å². The maximum atomic E-state index is 11.2. The van der Waals surface area contributed by atoms with Crippen LogP contribution in [0.25, 0.3) is 0 Å². The number of ether oxygens (including phenoxy) is 1. The number of sulfonamides is 1. The van der Waals surface area contributed by atoms with Gasteiger partial charge in [0.05, 0.1) is 12.4 Å². The summed E-state index contributed by atoms with van der Waals surface area (Å²) in [7, 11) is -2.14. The fourth-order valence-corrected chi connectivity index (χ4v) is 2.01. The average molecular weight is 245 g/mol. The summed E-state index contributed by atoms with van der Waals surface area (Å²) in [5.41, 5.74) is 0.492. The lowest BCUT2D eigenvalue weighted by Crippen LogP contribution is -2.30. The van der Waals surface area contributed by atoms with Gasteiger partial charge in [-0.2, -0.15) is 0 Å². The van der Waals surface area contributed by atoms with Gasteiger partial charge in [0.2, 0.25) is 15.9 Å². The Kier molecular flexibility index (Phi) is 3.82. The van der Waals surface area contributed by atoms with E-state index in [0.717, 1.165) is 0 Å². The van der Waals surface area contributed by atoms with E-state index in [4.69, 9.17) is 9.88 Å². The van der Waals surface area contributed by atoms with Crippen molar-refractivity contribution < 1.29 is 13.2 Å². The molecule has 0 unspecified atom stereocenters. The molecule has 1 rings (SSSR count). The standard InChI is InChI=1S/C9H15N3O3S/c1-6(7(2)16(10,13)14)8-9(15-3)12-5-4-11-8/h4-7H,1-3H3,(H2,10,13,14)/t6-,7-/m0/s1. The number of aromatic nitrogens is 2. The van der Waals surface area contributed by atoms with Gasteiger partial charge in [-0.15, -0.1) is 0 Å². The van der Waals surface area contributed by atoms with Crippen LogP contribution >= 0.6 is 0 Å². The second-order valence-corrected chi connectivity index (χ2v) is 5.46. The molecule has 16 heavy (non-hydrogen) atoms. The third-order valence-electron chi connectivity index (χ3n) is 2.54. The summed E-state index contributed by atoms with van der Waals surface area (Å²) < 4.78 is 27.5. The summed E-state index contributed by atoms with van der Waals surface area (Å²) in [6.07, 6.45) is 2.97. The minimum absolute atomic E-state index is 0.325. The zero-order chi connectivity index (χ0) is 12.3. The van der Waals surface area contributed by atoms with Crippen molar-refractivity contribution in [3.8, 4) is 5.88 Å². The van der Waals surface area contributed by atoms with Gasteiger partial charge in [-0.25, -0.2) is 18.5 Å². The minimum atomic E-state index is -3.60. The molecule has 0 aliphatic rings. The highest BCUT2D eigenvalue weighted by atomic mass is 32.2. The van der Waals surface area contributed by atoms with Crippen LogP contribution < -0.4 is 9.88 Å². The molecular weight excluding hydrogens is 230 g/mol. The van der Waals surface area contributed by atoms with Gasteiger partial charge in [0, 0.05) is 18.3 Å². The Morgan fingerprint density at radius 1 is 1.31 bits per heavy atom. The van der Waals surface area contributed by atoms with E-state index in [1.165, 1.54) is 26.4 Å². The number of nitrogens with two attached hydrogens (primary N) is 1. The normalized spacial score (nSPS) is 15.5. The molecule has 7 heteroatoms. The van der Waals surface area contributed by atoms with Crippen LogP contribution in [0.15, 0.2) is 12.4 Å². The molecule has 0 bridgehead atoms. The highest BCUT2D eigenvalue weighted by Crippen LogP contribution is 2.26. The molecule has 0 fully saturated rings. The highest BCUT2D eigenvalue weighted by Gasteiger charge is 2.27. The van der Waals surface area contributed by atoms with Gasteiger partial charge >= 0.3 is 0 Å². The van der Waals surface area contributed by atoms with E-state index in [0.29, 0.717) is 11.6 Å². The first-order valence-corrected chi connectivity index (χ1v) is 6.35. The summed E-state index contributed by atoms with van der Waals surface area (Å²) in [5.74, 6) is -0.0517. The van der Waals surface area contributed by atoms with Gasteiger partial charge in [0.1, 0.15) is 5.69 Å². The second-order valence-electron chi connectivity index (χ2n) is 3.53. The predicted octanol–water partition coefficient (Wildman–Crippen LogP) is 0.266. The first kappa shape index (κ1) is 12.9. The molecule has 1 heterocycles. The van der Waals surface area contributed by atoms with Crippen LogP contribution in [0.1, 0.15) is 25.5 Å². The van der Waals surface area contributed by atoms with Crippen LogP contribution in [0.3, 0.4) is 0 Å². The molecule has 90 valence electrons. The summed E-state index contributed by atoms with van der Waals surface area (Å²) in [6, 6.07) is 0. The van der Waals surface area contributed by atoms with Crippen LogP contribution in [0.4, 0.5) is 0 Å². The van der Waals surface area contributed by atoms with E-state index in [-0.39, 0.29) is 5.92 Å². The minimum Gasteiger partial charge on any atom is -0.480 e. The van der Waals surface area contributed by atoms with Crippen molar-refractivity contribution >= 4 is 10.0 Å². The lowest BCUT2D eigenvalue weighted by atomic mass is 10.0. The van der Waals surface area contributed by atoms with E-state index in [9.17, 15) is 8.42 Å². The lowest BCUT2D eigenvalue weighted by molar-refractivity contribution is 0.384. The molecule has 0 radical (unpaired) electrons. The van der Waals surface area contributed by atoms with Crippen molar-refractivity contribution in [2.24, 2.45) is 5.14 Å². The third-order valence-corrected chi connectivity index (χ3v) is 3.98. The van der Waals surface area contributed by atoms with Gasteiger partial charge in [0.25, 0.3) is 0 Å². The molecule has 1 aromatic heterocycles. The molecule has 0 spiro atoms. The zero-order valence-electron chi connectivity index (χ0n) is 9.41. The number of primary sulfonamides is 1. The Hall–Kier alpha value is -1.21. The second kappa shape index (κ2) is 4.75. The Morgan fingerprint density at radius 3 is 2.38 bits per heavy atom. The van der Waals surface area contributed by atoms with Crippen molar-refractivity contribution in [1.82, 2.24) is 9.97 Å². The smallest absolute Gasteiger partial charge is 0.235 e. The molecular formula is C9H15N3O3S. The molecule has 0 aromatic carbocycles. The predicted molar refractivity (Wildman–Crippen MR) is 59.6 cm³/mol. The highest BCUT2D eigenvalue weighted by molar-refractivity contribution is 7.89. The Labute approximate surface area is 94.9 Å². The average Bonchev–Trinajstić information content (AvgIpc) is 2.25. The Morgan fingerprint density at radius 2 is 1.88 bits per heavy atom. The summed E-state index contributed by atoms with van der Waals surface area (Å²) in [6.45, 7) is 3.26. The summed E-state index contributed by atoms with van der Waals surface area (Å²) >= 11 is 0. The van der Waals surface area contributed by atoms with E-state index in [1.54, 1.807) is 6.92 Å². The van der Waals surface area contributed by atoms with Crippen molar-refractivity contribution in [2.45, 2.75) is 25.0 Å². The number of methoxy groups -OCH3 is 1. The lowest BCUT2D eigenvalue weighted by Gasteiger charge is -2.18. The Bertz CT molecular complexity index is 461. The number of hydrogen-bond donors (Lipinski definition) is 1. The van der Waals surface area contributed by atoms with E-state index in [1.807, 2.05) is 0 Å². The monoisotopic (exact) mass is 245 g/mol. The number of hydrogen-bond acceptors (Lipinski definition) is 5. The number of nitrogens with zero attached hydrogens (tertiary/aromatic N) is 2. The molecule has 6 nitrogen and oxygen atoms in total. The fraction of sp³-hybridized carbons (Fsp3) is 0.556. The summed E-state index contributed by atoms with van der Waals surface area (Å²) in [5, 5.41) is 4.35. The third kappa shape index (κ3) is 2.67. The van der Waals surface area contributed by atoms with Gasteiger partial charge in [-0.3, -0.25) is 4.98 Å². The van der Waals surface area contributed by atoms with Gasteiger partial charge in [0.15, 0.2) is 0 Å². The maximum Gasteiger partial charge on any atom is 0.235 e. The largest absolute Gasteiger partial charge is 0.480 e. The fourth-order valence-electron chi connectivity index (χ4n) is 1.31. The zero-order valence-corrected chi connectivity index (χ0v) is 10.2. The van der Waals surface area contributed by atoms with Gasteiger partial charge in [-0.1, -0.05) is 6.92 Å². The van der Waals surface area contributed by atoms with Crippen LogP contribution in [-0.2, 0) is 10.0 Å². The van der Waals surface area contributed by atoms with Crippen LogP contribution in [0, 0.1) is 0 Å². The first-order valence-electron chi connectivity index (χ1n) is 4.74. The van der Waals surface area contributed by atoms with E-state index >= 15 is 0 Å². The van der Waals surface area contributed by atoms with E-state index < -0.39 is 15.3 Å². The molecule has 0 aliphatic carbocycles. The quantitative estimate of drug-likeness (QED) is 0.821. The molecule has 0 aliphatic heterocycles. The SMILES string of the molecule is COc1nccnc1[C@@H](C)[C@H](C)S(N)(=O)=O. The first-order chi connectivity index (χ1) is 7.38. The van der Waals surface area contributed by atoms with Crippen LogP contribution in [-0.4, -0.2) is 30.7 Å². The van der Waals surface area contributed by atoms with Gasteiger partial charge in [-0.05, 0) is 6.92 Å². The molecule has 0 amide bonds. The van der Waals surface area contributed by atoms with Crippen LogP contribution in [0.2, 0.25) is 0 Å². The molecule has 2 N–H and O–H groups in total. The van der Waals surface area contributed by atoms with E-state index in [2.05, 4.69) is 9.97 Å². The van der Waals surface area contributed by atoms with Gasteiger partial charge < -0.3 is 4.74 Å². The molecule has 0 saturated carbocycles. The molecule has 2 atom stereocenters. The summed E-state index contributed by atoms with van der Waals surface area (Å²) in [4.78, 5) is 8.04. The topological polar surface area (TPSA) is 95.2 Å². The van der Waals surface area contributed by atoms with Crippen LogP contribution in [0.5, 0.6) is 5.88 Å². The molecule has 1 aromatic rings. The Balaban J connectivity index is 3.10. The molecule has 0 saturated heterocycles. The van der Waals surface area contributed by atoms with Crippen molar-refractivity contribution in [2.75, 3.05) is 7.11 Å².